The number of rotatable bonds is 52. The quantitative estimate of drug-likeness (QED) is 0.0344. The van der Waals surface area contributed by atoms with Gasteiger partial charge in [-0.05, 0) is 37.0 Å². The molecule has 0 aromatic heterocycles. The van der Waals surface area contributed by atoms with Gasteiger partial charge in [0, 0.05) is 19.3 Å². The summed E-state index contributed by atoms with van der Waals surface area (Å²) in [6.45, 7) is 13.8. The van der Waals surface area contributed by atoms with E-state index in [0.717, 1.165) is 75.5 Å². The van der Waals surface area contributed by atoms with Gasteiger partial charge >= 0.3 is 17.9 Å². The van der Waals surface area contributed by atoms with Crippen molar-refractivity contribution in [1.29, 1.82) is 0 Å². The summed E-state index contributed by atoms with van der Waals surface area (Å²) in [6, 6.07) is 0. The van der Waals surface area contributed by atoms with Crippen molar-refractivity contribution in [2.24, 2.45) is 17.8 Å². The zero-order valence-corrected chi connectivity index (χ0v) is 44.8. The third-order valence-corrected chi connectivity index (χ3v) is 13.8. The molecule has 0 aliphatic carbocycles. The molecule has 0 bridgehead atoms. The minimum atomic E-state index is -0.764. The Morgan fingerprint density at radius 1 is 0.308 bits per heavy atom. The van der Waals surface area contributed by atoms with E-state index in [1.165, 1.54) is 205 Å². The van der Waals surface area contributed by atoms with Crippen LogP contribution < -0.4 is 0 Å². The van der Waals surface area contributed by atoms with Crippen molar-refractivity contribution in [3.05, 3.63) is 0 Å². The molecule has 0 heterocycles. The average Bonchev–Trinajstić information content (AvgIpc) is 3.28. The third kappa shape index (κ3) is 51.6. The first kappa shape index (κ1) is 63.4. The smallest absolute Gasteiger partial charge is 0.306 e. The Labute approximate surface area is 406 Å². The molecular weight excluding hydrogens is 805 g/mol. The highest BCUT2D eigenvalue weighted by Crippen LogP contribution is 2.19. The lowest BCUT2D eigenvalue weighted by Gasteiger charge is -2.18. The fourth-order valence-electron chi connectivity index (χ4n) is 8.97. The molecule has 0 spiro atoms. The molecule has 0 amide bonds. The van der Waals surface area contributed by atoms with Gasteiger partial charge in [-0.2, -0.15) is 0 Å². The zero-order valence-electron chi connectivity index (χ0n) is 44.8. The van der Waals surface area contributed by atoms with Crippen LogP contribution in [0.4, 0.5) is 0 Å². The SMILES string of the molecule is CCC(C)CCCCCCCCCCCCC(=O)OC[C@@H](COC(=O)CCCCCCCCCCCCCCCC(C)C)OC(=O)CCCCCCCCCCCCCCCCC(C)C. The van der Waals surface area contributed by atoms with Gasteiger partial charge in [-0.3, -0.25) is 14.4 Å². The molecule has 0 radical (unpaired) electrons. The van der Waals surface area contributed by atoms with Crippen molar-refractivity contribution >= 4 is 17.9 Å². The Bertz CT molecular complexity index is 1010. The topological polar surface area (TPSA) is 78.9 Å². The molecule has 0 aromatic carbocycles. The molecule has 2 atom stereocenters. The second-order valence-corrected chi connectivity index (χ2v) is 21.5. The summed E-state index contributed by atoms with van der Waals surface area (Å²) in [4.78, 5) is 38.2. The van der Waals surface area contributed by atoms with E-state index in [9.17, 15) is 14.4 Å². The Hall–Kier alpha value is -1.59. The van der Waals surface area contributed by atoms with Crippen LogP contribution >= 0.6 is 0 Å². The van der Waals surface area contributed by atoms with Gasteiger partial charge in [0.25, 0.3) is 0 Å². The maximum absolute atomic E-state index is 12.9. The van der Waals surface area contributed by atoms with E-state index in [2.05, 4.69) is 41.5 Å². The molecular formula is C59H114O6. The minimum Gasteiger partial charge on any atom is -0.462 e. The van der Waals surface area contributed by atoms with Crippen molar-refractivity contribution in [3.63, 3.8) is 0 Å². The van der Waals surface area contributed by atoms with Gasteiger partial charge in [-0.15, -0.1) is 0 Å². The highest BCUT2D eigenvalue weighted by atomic mass is 16.6. The van der Waals surface area contributed by atoms with Gasteiger partial charge in [0.15, 0.2) is 6.10 Å². The highest BCUT2D eigenvalue weighted by molar-refractivity contribution is 5.71. The first-order chi connectivity index (χ1) is 31.6. The molecule has 6 nitrogen and oxygen atoms in total. The van der Waals surface area contributed by atoms with Crippen LogP contribution in [0.15, 0.2) is 0 Å². The van der Waals surface area contributed by atoms with Crippen molar-refractivity contribution in [1.82, 2.24) is 0 Å². The molecule has 386 valence electrons. The van der Waals surface area contributed by atoms with Gasteiger partial charge in [-0.25, -0.2) is 0 Å². The summed E-state index contributed by atoms with van der Waals surface area (Å²) >= 11 is 0. The predicted molar refractivity (Wildman–Crippen MR) is 279 cm³/mol. The molecule has 0 aromatic rings. The van der Waals surface area contributed by atoms with Gasteiger partial charge in [-0.1, -0.05) is 286 Å². The number of carbonyl (C=O) groups excluding carboxylic acids is 3. The lowest BCUT2D eigenvalue weighted by molar-refractivity contribution is -0.167. The lowest BCUT2D eigenvalue weighted by atomic mass is 9.99. The summed E-state index contributed by atoms with van der Waals surface area (Å²) in [5.74, 6) is 1.71. The van der Waals surface area contributed by atoms with Gasteiger partial charge in [0.1, 0.15) is 13.2 Å². The number of ether oxygens (including phenoxy) is 3. The lowest BCUT2D eigenvalue weighted by Crippen LogP contribution is -2.30. The summed E-state index contributed by atoms with van der Waals surface area (Å²) in [6.07, 6.45) is 52.3. The zero-order chi connectivity index (χ0) is 47.7. The predicted octanol–water partition coefficient (Wildman–Crippen LogP) is 19.1. The Morgan fingerprint density at radius 2 is 0.538 bits per heavy atom. The number of unbranched alkanes of at least 4 members (excludes halogenated alkanes) is 34. The van der Waals surface area contributed by atoms with Crippen LogP contribution in [-0.4, -0.2) is 37.2 Å². The van der Waals surface area contributed by atoms with Crippen molar-refractivity contribution in [2.45, 2.75) is 330 Å². The molecule has 0 saturated carbocycles. The fourth-order valence-corrected chi connectivity index (χ4v) is 8.97. The molecule has 0 N–H and O–H groups in total. The Balaban J connectivity index is 4.31. The normalized spacial score (nSPS) is 12.6. The maximum atomic E-state index is 12.9. The largest absolute Gasteiger partial charge is 0.462 e. The summed E-state index contributed by atoms with van der Waals surface area (Å²) in [7, 11) is 0. The van der Waals surface area contributed by atoms with Crippen molar-refractivity contribution < 1.29 is 28.6 Å². The standard InChI is InChI=1S/C59H114O6/c1-7-55(6)47-41-35-29-23-19-20-25-31-37-43-49-58(61)64-52-56(51-63-57(60)48-42-36-30-24-17-14-10-12-16-22-28-34-40-46-54(4)5)65-59(62)50-44-38-32-26-18-13-9-8-11-15-21-27-33-39-45-53(2)3/h53-56H,7-52H2,1-6H3/t55?,56-/m1/s1. The molecule has 65 heavy (non-hydrogen) atoms. The van der Waals surface area contributed by atoms with Crippen molar-refractivity contribution in [2.75, 3.05) is 13.2 Å². The average molecular weight is 920 g/mol. The van der Waals surface area contributed by atoms with Crippen LogP contribution in [0.3, 0.4) is 0 Å². The maximum Gasteiger partial charge on any atom is 0.306 e. The molecule has 0 saturated heterocycles. The Kier molecular flexibility index (Phi) is 49.1. The molecule has 0 rings (SSSR count). The molecule has 0 aliphatic heterocycles. The third-order valence-electron chi connectivity index (χ3n) is 13.8. The van der Waals surface area contributed by atoms with Gasteiger partial charge in [0.05, 0.1) is 0 Å². The second-order valence-electron chi connectivity index (χ2n) is 21.5. The minimum absolute atomic E-state index is 0.0635. The van der Waals surface area contributed by atoms with Crippen LogP contribution in [-0.2, 0) is 28.6 Å². The van der Waals surface area contributed by atoms with E-state index in [-0.39, 0.29) is 31.1 Å². The van der Waals surface area contributed by atoms with Crippen LogP contribution in [0, 0.1) is 17.8 Å². The number of hydrogen-bond donors (Lipinski definition) is 0. The Morgan fingerprint density at radius 3 is 0.800 bits per heavy atom. The van der Waals surface area contributed by atoms with E-state index in [1.54, 1.807) is 0 Å². The molecule has 6 heteroatoms. The number of hydrogen-bond acceptors (Lipinski definition) is 6. The van der Waals surface area contributed by atoms with Crippen LogP contribution in [0.5, 0.6) is 0 Å². The number of esters is 3. The van der Waals surface area contributed by atoms with Crippen LogP contribution in [0.2, 0.25) is 0 Å². The van der Waals surface area contributed by atoms with Crippen molar-refractivity contribution in [3.8, 4) is 0 Å². The molecule has 1 unspecified atom stereocenters. The van der Waals surface area contributed by atoms with Crippen LogP contribution in [0.1, 0.15) is 324 Å². The van der Waals surface area contributed by atoms with Gasteiger partial charge < -0.3 is 14.2 Å². The number of carbonyl (C=O) groups is 3. The summed E-state index contributed by atoms with van der Waals surface area (Å²) in [5.41, 5.74) is 0. The van der Waals surface area contributed by atoms with E-state index >= 15 is 0 Å². The van der Waals surface area contributed by atoms with E-state index in [0.29, 0.717) is 19.3 Å². The molecule has 0 fully saturated rings. The van der Waals surface area contributed by atoms with E-state index in [1.807, 2.05) is 0 Å². The summed E-state index contributed by atoms with van der Waals surface area (Å²) < 4.78 is 16.9. The highest BCUT2D eigenvalue weighted by Gasteiger charge is 2.19. The first-order valence-corrected chi connectivity index (χ1v) is 29.1. The van der Waals surface area contributed by atoms with E-state index < -0.39 is 6.10 Å². The monoisotopic (exact) mass is 919 g/mol. The van der Waals surface area contributed by atoms with Crippen LogP contribution in [0.25, 0.3) is 0 Å². The van der Waals surface area contributed by atoms with Gasteiger partial charge in [0.2, 0.25) is 0 Å². The summed E-state index contributed by atoms with van der Waals surface area (Å²) in [5, 5.41) is 0. The first-order valence-electron chi connectivity index (χ1n) is 29.1. The molecule has 0 aliphatic rings. The van der Waals surface area contributed by atoms with E-state index in [4.69, 9.17) is 14.2 Å². The fraction of sp³-hybridized carbons (Fsp3) is 0.949. The second kappa shape index (κ2) is 50.3.